The van der Waals surface area contributed by atoms with E-state index in [2.05, 4.69) is 25.3 Å². The highest BCUT2D eigenvalue weighted by molar-refractivity contribution is 5.76. The van der Waals surface area contributed by atoms with Crippen LogP contribution in [0.3, 0.4) is 0 Å². The van der Waals surface area contributed by atoms with Crippen LogP contribution in [0.25, 0.3) is 11.2 Å². The molecule has 0 amide bonds. The van der Waals surface area contributed by atoms with Gasteiger partial charge in [0.25, 0.3) is 0 Å². The van der Waals surface area contributed by atoms with Crippen LogP contribution < -0.4 is 10.1 Å². The number of aromatic nitrogens is 4. The Morgan fingerprint density at radius 1 is 1.30 bits per heavy atom. The molecule has 2 N–H and O–H groups in total. The van der Waals surface area contributed by atoms with Crippen LogP contribution in [-0.4, -0.2) is 46.3 Å². The van der Waals surface area contributed by atoms with Crippen LogP contribution in [0.5, 0.6) is 5.88 Å². The van der Waals surface area contributed by atoms with Gasteiger partial charge in [0.1, 0.15) is 11.6 Å². The number of H-pyrrole nitrogens is 1. The van der Waals surface area contributed by atoms with Crippen molar-refractivity contribution >= 4 is 17.1 Å². The smallest absolute Gasteiger partial charge is 0.245 e. The van der Waals surface area contributed by atoms with Gasteiger partial charge >= 0.3 is 0 Å². The Labute approximate surface area is 117 Å². The molecule has 7 nitrogen and oxygen atoms in total. The number of hydrogen-bond donors (Lipinski definition) is 2. The molecule has 1 aliphatic rings. The molecular formula is C13H19N5O2. The number of nitrogens with zero attached hydrogens (tertiary/aromatic N) is 3. The van der Waals surface area contributed by atoms with E-state index < -0.39 is 0 Å². The lowest BCUT2D eigenvalue weighted by molar-refractivity contribution is 0.0200. The van der Waals surface area contributed by atoms with Crippen LogP contribution in [0.2, 0.25) is 0 Å². The second-order valence-corrected chi connectivity index (χ2v) is 4.97. The minimum Gasteiger partial charge on any atom is -0.473 e. The lowest BCUT2D eigenvalue weighted by Gasteiger charge is -2.28. The summed E-state index contributed by atoms with van der Waals surface area (Å²) >= 11 is 0. The van der Waals surface area contributed by atoms with E-state index in [4.69, 9.17) is 9.47 Å². The first-order valence-electron chi connectivity index (χ1n) is 6.88. The largest absolute Gasteiger partial charge is 0.473 e. The van der Waals surface area contributed by atoms with Crippen molar-refractivity contribution in [1.82, 2.24) is 19.9 Å². The van der Waals surface area contributed by atoms with E-state index in [9.17, 15) is 0 Å². The van der Waals surface area contributed by atoms with E-state index in [0.717, 1.165) is 31.2 Å². The zero-order valence-corrected chi connectivity index (χ0v) is 11.7. The third-order valence-electron chi connectivity index (χ3n) is 3.67. The van der Waals surface area contributed by atoms with E-state index in [1.807, 2.05) is 0 Å². The molecule has 108 valence electrons. The summed E-state index contributed by atoms with van der Waals surface area (Å²) in [6.07, 6.45) is 6.13. The molecule has 2 heterocycles. The Hall–Kier alpha value is -1.89. The Bertz CT molecular complexity index is 585. The number of ether oxygens (including phenoxy) is 2. The Morgan fingerprint density at radius 2 is 2.15 bits per heavy atom. The van der Waals surface area contributed by atoms with Crippen molar-refractivity contribution in [2.75, 3.05) is 19.5 Å². The van der Waals surface area contributed by atoms with Gasteiger partial charge < -0.3 is 19.8 Å². The quantitative estimate of drug-likeness (QED) is 0.885. The fraction of sp³-hybridized carbons (Fsp3) is 0.615. The van der Waals surface area contributed by atoms with Crippen LogP contribution in [-0.2, 0) is 4.74 Å². The van der Waals surface area contributed by atoms with E-state index in [1.54, 1.807) is 20.5 Å². The molecule has 0 saturated heterocycles. The molecule has 1 fully saturated rings. The summed E-state index contributed by atoms with van der Waals surface area (Å²) in [6.45, 7) is 0. The van der Waals surface area contributed by atoms with Gasteiger partial charge in [-0.3, -0.25) is 0 Å². The number of imidazole rings is 1. The average Bonchev–Trinajstić information content (AvgIpc) is 2.96. The predicted molar refractivity (Wildman–Crippen MR) is 74.9 cm³/mol. The molecule has 0 bridgehead atoms. The second kappa shape index (κ2) is 5.62. The first-order valence-corrected chi connectivity index (χ1v) is 6.88. The topological polar surface area (TPSA) is 85.0 Å². The van der Waals surface area contributed by atoms with Crippen molar-refractivity contribution in [3.8, 4) is 5.88 Å². The minimum absolute atomic E-state index is 0.125. The lowest BCUT2D eigenvalue weighted by Crippen LogP contribution is -2.29. The second-order valence-electron chi connectivity index (χ2n) is 4.97. The first-order chi connectivity index (χ1) is 9.80. The number of aromatic amines is 1. The monoisotopic (exact) mass is 277 g/mol. The molecule has 0 radical (unpaired) electrons. The van der Waals surface area contributed by atoms with Crippen molar-refractivity contribution in [2.45, 2.75) is 37.9 Å². The van der Waals surface area contributed by atoms with Crippen molar-refractivity contribution in [2.24, 2.45) is 0 Å². The van der Waals surface area contributed by atoms with Gasteiger partial charge in [-0.2, -0.15) is 9.97 Å². The predicted octanol–water partition coefficient (Wildman–Crippen LogP) is 1.73. The molecule has 7 heteroatoms. The van der Waals surface area contributed by atoms with Crippen molar-refractivity contribution in [1.29, 1.82) is 0 Å². The Balaban J connectivity index is 1.84. The van der Waals surface area contributed by atoms with Gasteiger partial charge in [-0.25, -0.2) is 4.98 Å². The highest BCUT2D eigenvalue weighted by Gasteiger charge is 2.24. The maximum Gasteiger partial charge on any atom is 0.245 e. The molecule has 2 aromatic heterocycles. The summed E-state index contributed by atoms with van der Waals surface area (Å²) in [5.41, 5.74) is 1.35. The van der Waals surface area contributed by atoms with E-state index in [1.165, 1.54) is 0 Å². The maximum atomic E-state index is 6.06. The molecule has 1 aliphatic carbocycles. The number of rotatable bonds is 4. The third kappa shape index (κ3) is 2.53. The zero-order chi connectivity index (χ0) is 13.9. The molecule has 1 saturated carbocycles. The standard InChI is InChI=1S/C13H19N5O2/c1-14-13-17-11-10(15-7-16-11)12(18-13)20-9-5-3-4-8(6-9)19-2/h7-9H,3-6H2,1-2H3,(H2,14,15,16,17,18). The molecule has 0 aliphatic heterocycles. The molecular weight excluding hydrogens is 258 g/mol. The molecule has 20 heavy (non-hydrogen) atoms. The van der Waals surface area contributed by atoms with Gasteiger partial charge in [0.2, 0.25) is 11.8 Å². The number of nitrogens with one attached hydrogen (secondary N) is 2. The van der Waals surface area contributed by atoms with E-state index >= 15 is 0 Å². The summed E-state index contributed by atoms with van der Waals surface area (Å²) in [5, 5.41) is 2.93. The Kier molecular flexibility index (Phi) is 3.68. The Morgan fingerprint density at radius 3 is 2.95 bits per heavy atom. The minimum atomic E-state index is 0.125. The lowest BCUT2D eigenvalue weighted by atomic mass is 9.95. The van der Waals surface area contributed by atoms with Gasteiger partial charge in [-0.05, 0) is 19.3 Å². The van der Waals surface area contributed by atoms with Crippen LogP contribution >= 0.6 is 0 Å². The third-order valence-corrected chi connectivity index (χ3v) is 3.67. The summed E-state index contributed by atoms with van der Waals surface area (Å²) in [6, 6.07) is 0. The van der Waals surface area contributed by atoms with Gasteiger partial charge in [0, 0.05) is 20.6 Å². The fourth-order valence-corrected chi connectivity index (χ4v) is 2.58. The van der Waals surface area contributed by atoms with Crippen LogP contribution in [0, 0.1) is 0 Å². The van der Waals surface area contributed by atoms with Crippen molar-refractivity contribution in [3.63, 3.8) is 0 Å². The molecule has 2 atom stereocenters. The first kappa shape index (κ1) is 13.1. The molecule has 0 aromatic carbocycles. The summed E-state index contributed by atoms with van der Waals surface area (Å²) in [5.74, 6) is 1.07. The van der Waals surface area contributed by atoms with Gasteiger partial charge in [-0.15, -0.1) is 0 Å². The highest BCUT2D eigenvalue weighted by Crippen LogP contribution is 2.27. The van der Waals surface area contributed by atoms with E-state index in [-0.39, 0.29) is 12.2 Å². The summed E-state index contributed by atoms with van der Waals surface area (Å²) in [7, 11) is 3.53. The molecule has 2 aromatic rings. The molecule has 2 unspecified atom stereocenters. The maximum absolute atomic E-state index is 6.06. The summed E-state index contributed by atoms with van der Waals surface area (Å²) in [4.78, 5) is 15.8. The van der Waals surface area contributed by atoms with Crippen LogP contribution in [0.1, 0.15) is 25.7 Å². The summed E-state index contributed by atoms with van der Waals surface area (Å²) < 4.78 is 11.5. The van der Waals surface area contributed by atoms with Gasteiger partial charge in [0.05, 0.1) is 12.4 Å². The van der Waals surface area contributed by atoms with Gasteiger partial charge in [-0.1, -0.05) is 0 Å². The van der Waals surface area contributed by atoms with E-state index in [0.29, 0.717) is 17.5 Å². The fourth-order valence-electron chi connectivity index (χ4n) is 2.58. The van der Waals surface area contributed by atoms with Crippen LogP contribution in [0.4, 0.5) is 5.95 Å². The number of anilines is 1. The number of methoxy groups -OCH3 is 1. The molecule has 0 spiro atoms. The average molecular weight is 277 g/mol. The SMILES string of the molecule is CNc1nc(OC2CCCC(OC)C2)c2[nH]cnc2n1. The highest BCUT2D eigenvalue weighted by atomic mass is 16.5. The zero-order valence-electron chi connectivity index (χ0n) is 11.7. The van der Waals surface area contributed by atoms with Gasteiger partial charge in [0.15, 0.2) is 5.65 Å². The van der Waals surface area contributed by atoms with Crippen molar-refractivity contribution in [3.05, 3.63) is 6.33 Å². The number of hydrogen-bond acceptors (Lipinski definition) is 6. The normalized spacial score (nSPS) is 22.9. The number of fused-ring (bicyclic) bond motifs is 1. The molecule has 3 rings (SSSR count). The van der Waals surface area contributed by atoms with Crippen molar-refractivity contribution < 1.29 is 9.47 Å². The van der Waals surface area contributed by atoms with Crippen LogP contribution in [0.15, 0.2) is 6.33 Å².